The van der Waals surface area contributed by atoms with Crippen LogP contribution in [0.25, 0.3) is 0 Å². The van der Waals surface area contributed by atoms with Crippen LogP contribution in [-0.2, 0) is 16.1 Å². The number of nitrogens with one attached hydrogen (secondary N) is 1. The molecule has 0 fully saturated rings. The normalized spacial score (nSPS) is 13.5. The van der Waals surface area contributed by atoms with Crippen molar-refractivity contribution < 1.29 is 19.0 Å². The molecule has 1 aliphatic heterocycles. The van der Waals surface area contributed by atoms with Crippen molar-refractivity contribution in [2.24, 2.45) is 0 Å². The first-order chi connectivity index (χ1) is 8.94. The topological polar surface area (TPSA) is 56.8 Å². The Balaban J connectivity index is 2.09. The highest BCUT2D eigenvalue weighted by molar-refractivity contribution is 9.10. The van der Waals surface area contributed by atoms with E-state index in [2.05, 4.69) is 21.2 Å². The fourth-order valence-corrected chi connectivity index (χ4v) is 2.38. The molecule has 0 atom stereocenters. The van der Waals surface area contributed by atoms with E-state index in [0.717, 1.165) is 15.8 Å². The molecule has 104 valence electrons. The van der Waals surface area contributed by atoms with E-state index in [4.69, 9.17) is 14.2 Å². The highest BCUT2D eigenvalue weighted by atomic mass is 79.9. The minimum atomic E-state index is -0.738. The van der Waals surface area contributed by atoms with Crippen LogP contribution >= 0.6 is 15.9 Å². The van der Waals surface area contributed by atoms with E-state index in [1.807, 2.05) is 12.1 Å². The van der Waals surface area contributed by atoms with Gasteiger partial charge in [-0.25, -0.2) is 0 Å². The van der Waals surface area contributed by atoms with Crippen molar-refractivity contribution in [1.82, 2.24) is 5.32 Å². The van der Waals surface area contributed by atoms with Gasteiger partial charge in [0.1, 0.15) is 5.54 Å². The van der Waals surface area contributed by atoms with Crippen molar-refractivity contribution in [2.45, 2.75) is 25.9 Å². The number of carbonyl (C=O) groups excluding carboxylic acids is 1. The molecule has 6 heteroatoms. The Morgan fingerprint density at radius 3 is 2.89 bits per heavy atom. The van der Waals surface area contributed by atoms with E-state index in [1.54, 1.807) is 13.8 Å². The van der Waals surface area contributed by atoms with Gasteiger partial charge < -0.3 is 14.2 Å². The maximum Gasteiger partial charge on any atom is 0.325 e. The first-order valence-electron chi connectivity index (χ1n) is 5.85. The Labute approximate surface area is 120 Å². The lowest BCUT2D eigenvalue weighted by molar-refractivity contribution is -0.147. The lowest BCUT2D eigenvalue weighted by Crippen LogP contribution is -2.46. The van der Waals surface area contributed by atoms with E-state index in [1.165, 1.54) is 7.11 Å². The van der Waals surface area contributed by atoms with E-state index >= 15 is 0 Å². The summed E-state index contributed by atoms with van der Waals surface area (Å²) in [4.78, 5) is 11.6. The Morgan fingerprint density at radius 1 is 1.47 bits per heavy atom. The number of esters is 1. The smallest absolute Gasteiger partial charge is 0.325 e. The summed E-state index contributed by atoms with van der Waals surface area (Å²) in [5, 5.41) is 3.15. The molecule has 1 aliphatic rings. The van der Waals surface area contributed by atoms with Gasteiger partial charge in [0.15, 0.2) is 11.5 Å². The second-order valence-corrected chi connectivity index (χ2v) is 5.64. The summed E-state index contributed by atoms with van der Waals surface area (Å²) in [7, 11) is 1.38. The van der Waals surface area contributed by atoms with E-state index in [-0.39, 0.29) is 12.8 Å². The van der Waals surface area contributed by atoms with E-state index in [0.29, 0.717) is 12.3 Å². The third-order valence-corrected chi connectivity index (χ3v) is 3.51. The van der Waals surface area contributed by atoms with E-state index in [9.17, 15) is 4.79 Å². The fourth-order valence-electron chi connectivity index (χ4n) is 1.77. The van der Waals surface area contributed by atoms with Gasteiger partial charge >= 0.3 is 5.97 Å². The number of methoxy groups -OCH3 is 1. The van der Waals surface area contributed by atoms with Crippen molar-refractivity contribution in [3.8, 4) is 11.5 Å². The molecule has 0 saturated carbocycles. The van der Waals surface area contributed by atoms with Crippen molar-refractivity contribution in [3.05, 3.63) is 22.2 Å². The molecule has 0 amide bonds. The number of rotatable bonds is 4. The average molecular weight is 330 g/mol. The summed E-state index contributed by atoms with van der Waals surface area (Å²) in [6.07, 6.45) is 0. The van der Waals surface area contributed by atoms with Gasteiger partial charge in [0, 0.05) is 6.54 Å². The van der Waals surface area contributed by atoms with Gasteiger partial charge in [-0.05, 0) is 47.5 Å². The lowest BCUT2D eigenvalue weighted by atomic mass is 10.1. The summed E-state index contributed by atoms with van der Waals surface area (Å²) >= 11 is 3.44. The van der Waals surface area contributed by atoms with E-state index < -0.39 is 5.54 Å². The lowest BCUT2D eigenvalue weighted by Gasteiger charge is -2.23. The molecule has 19 heavy (non-hydrogen) atoms. The minimum Gasteiger partial charge on any atom is -0.468 e. The monoisotopic (exact) mass is 329 g/mol. The largest absolute Gasteiger partial charge is 0.468 e. The number of benzene rings is 1. The number of ether oxygens (including phenoxy) is 3. The molecule has 0 aromatic heterocycles. The molecule has 0 aliphatic carbocycles. The summed E-state index contributed by atoms with van der Waals surface area (Å²) in [6, 6.07) is 3.83. The second kappa shape index (κ2) is 5.38. The van der Waals surface area contributed by atoms with Crippen LogP contribution < -0.4 is 14.8 Å². The Morgan fingerprint density at radius 2 is 2.21 bits per heavy atom. The molecule has 0 radical (unpaired) electrons. The van der Waals surface area contributed by atoms with Gasteiger partial charge in [-0.1, -0.05) is 0 Å². The molecule has 0 saturated heterocycles. The molecule has 0 spiro atoms. The van der Waals surface area contributed by atoms with Crippen molar-refractivity contribution in [2.75, 3.05) is 13.9 Å². The molecular formula is C13H16BrNO4. The zero-order valence-corrected chi connectivity index (χ0v) is 12.7. The molecule has 0 unspecified atom stereocenters. The summed E-state index contributed by atoms with van der Waals surface area (Å²) < 4.78 is 16.3. The summed E-state index contributed by atoms with van der Waals surface area (Å²) in [5.74, 6) is 1.13. The number of fused-ring (bicyclic) bond motifs is 1. The predicted molar refractivity (Wildman–Crippen MR) is 73.2 cm³/mol. The standard InChI is InChI=1S/C13H16BrNO4/c1-13(2,12(16)17-3)15-6-8-4-9(14)11-10(5-8)18-7-19-11/h4-5,15H,6-7H2,1-3H3. The van der Waals surface area contributed by atoms with Crippen LogP contribution in [0, 0.1) is 0 Å². The SMILES string of the molecule is COC(=O)C(C)(C)NCc1cc(Br)c2c(c1)OCO2. The molecular weight excluding hydrogens is 314 g/mol. The van der Waals surface area contributed by atoms with Gasteiger partial charge in [-0.15, -0.1) is 0 Å². The van der Waals surface area contributed by atoms with Crippen LogP contribution in [0.3, 0.4) is 0 Å². The second-order valence-electron chi connectivity index (χ2n) is 4.78. The number of hydrogen-bond acceptors (Lipinski definition) is 5. The highest BCUT2D eigenvalue weighted by Gasteiger charge is 2.28. The number of hydrogen-bond donors (Lipinski definition) is 1. The van der Waals surface area contributed by atoms with Gasteiger partial charge in [-0.3, -0.25) is 10.1 Å². The van der Waals surface area contributed by atoms with Crippen molar-refractivity contribution in [3.63, 3.8) is 0 Å². The van der Waals surface area contributed by atoms with Crippen molar-refractivity contribution >= 4 is 21.9 Å². The number of carbonyl (C=O) groups is 1. The van der Waals surface area contributed by atoms with Crippen LogP contribution in [0.15, 0.2) is 16.6 Å². The molecule has 1 aromatic carbocycles. The molecule has 2 rings (SSSR count). The Bertz CT molecular complexity index is 502. The third-order valence-electron chi connectivity index (χ3n) is 2.92. The molecule has 1 aromatic rings. The maximum absolute atomic E-state index is 11.6. The molecule has 1 heterocycles. The Hall–Kier alpha value is -1.27. The Kier molecular flexibility index (Phi) is 4.01. The zero-order chi connectivity index (χ0) is 14.0. The van der Waals surface area contributed by atoms with Gasteiger partial charge in [0.05, 0.1) is 11.6 Å². The average Bonchev–Trinajstić information content (AvgIpc) is 2.84. The zero-order valence-electron chi connectivity index (χ0n) is 11.1. The molecule has 5 nitrogen and oxygen atoms in total. The highest BCUT2D eigenvalue weighted by Crippen LogP contribution is 2.39. The fraction of sp³-hybridized carbons (Fsp3) is 0.462. The third kappa shape index (κ3) is 3.01. The van der Waals surface area contributed by atoms with Gasteiger partial charge in [-0.2, -0.15) is 0 Å². The van der Waals surface area contributed by atoms with Gasteiger partial charge in [0.2, 0.25) is 6.79 Å². The molecule has 0 bridgehead atoms. The summed E-state index contributed by atoms with van der Waals surface area (Å²) in [6.45, 7) is 4.32. The first kappa shape index (κ1) is 14.1. The first-order valence-corrected chi connectivity index (χ1v) is 6.65. The predicted octanol–water partition coefficient (Wildman–Crippen LogP) is 2.22. The van der Waals surface area contributed by atoms with Crippen LogP contribution in [-0.4, -0.2) is 25.4 Å². The van der Waals surface area contributed by atoms with Crippen LogP contribution in [0.1, 0.15) is 19.4 Å². The quantitative estimate of drug-likeness (QED) is 0.858. The maximum atomic E-state index is 11.6. The van der Waals surface area contributed by atoms with Crippen LogP contribution in [0.4, 0.5) is 0 Å². The number of halogens is 1. The summed E-state index contributed by atoms with van der Waals surface area (Å²) in [5.41, 5.74) is 0.255. The van der Waals surface area contributed by atoms with Crippen molar-refractivity contribution in [1.29, 1.82) is 0 Å². The minimum absolute atomic E-state index is 0.235. The van der Waals surface area contributed by atoms with Crippen LogP contribution in [0.2, 0.25) is 0 Å². The molecule has 1 N–H and O–H groups in total. The van der Waals surface area contributed by atoms with Gasteiger partial charge in [0.25, 0.3) is 0 Å². The van der Waals surface area contributed by atoms with Crippen LogP contribution in [0.5, 0.6) is 11.5 Å².